The molecule has 2 aromatic rings. The van der Waals surface area contributed by atoms with Crippen LogP contribution >= 0.6 is 0 Å². The predicted octanol–water partition coefficient (Wildman–Crippen LogP) is 2.78. The van der Waals surface area contributed by atoms with E-state index >= 15 is 0 Å². The molecule has 3 rings (SSSR count). The van der Waals surface area contributed by atoms with Crippen LogP contribution in [0.1, 0.15) is 35.0 Å². The molecule has 1 saturated heterocycles. The second-order valence-corrected chi connectivity index (χ2v) is 7.48. The number of nitrogens with one attached hydrogen (secondary N) is 1. The van der Waals surface area contributed by atoms with E-state index in [-0.39, 0.29) is 11.3 Å². The summed E-state index contributed by atoms with van der Waals surface area (Å²) in [6, 6.07) is 8.30. The van der Waals surface area contributed by atoms with Crippen LogP contribution in [0.3, 0.4) is 0 Å². The van der Waals surface area contributed by atoms with Crippen LogP contribution in [0.4, 0.5) is 13.2 Å². The Morgan fingerprint density at radius 3 is 2.26 bits per heavy atom. The Hall–Kier alpha value is -2.78. The van der Waals surface area contributed by atoms with Crippen molar-refractivity contribution in [2.75, 3.05) is 26.3 Å². The van der Waals surface area contributed by atoms with Crippen molar-refractivity contribution in [1.29, 1.82) is 0 Å². The molecule has 2 heterocycles. The number of carbonyl (C=O) groups excluding carboxylic acids is 2. The van der Waals surface area contributed by atoms with Gasteiger partial charge in [0.15, 0.2) is 5.78 Å². The number of likely N-dealkylation sites (tertiary alicyclic amines) is 1. The van der Waals surface area contributed by atoms with E-state index in [1.165, 1.54) is 12.1 Å². The van der Waals surface area contributed by atoms with E-state index in [1.807, 2.05) is 0 Å². The zero-order valence-corrected chi connectivity index (χ0v) is 16.8. The number of hydrogen-bond donors (Lipinski definition) is 2. The van der Waals surface area contributed by atoms with Crippen LogP contribution in [0.2, 0.25) is 0 Å². The third-order valence-corrected chi connectivity index (χ3v) is 5.27. The van der Waals surface area contributed by atoms with E-state index in [4.69, 9.17) is 0 Å². The van der Waals surface area contributed by atoms with Crippen molar-refractivity contribution in [3.63, 3.8) is 0 Å². The quantitative estimate of drug-likeness (QED) is 0.592. The molecule has 1 aromatic heterocycles. The molecule has 0 aliphatic carbocycles. The van der Waals surface area contributed by atoms with Gasteiger partial charge in [0.1, 0.15) is 18.5 Å². The van der Waals surface area contributed by atoms with Gasteiger partial charge in [0.2, 0.25) is 0 Å². The lowest BCUT2D eigenvalue weighted by atomic mass is 9.99. The maximum absolute atomic E-state index is 13.1. The summed E-state index contributed by atoms with van der Waals surface area (Å²) in [4.78, 5) is 29.8. The molecular formula is C22H24F3N3O3. The molecule has 1 fully saturated rings. The van der Waals surface area contributed by atoms with Crippen molar-refractivity contribution in [1.82, 2.24) is 15.2 Å². The molecule has 1 aromatic carbocycles. The summed E-state index contributed by atoms with van der Waals surface area (Å²) >= 11 is 0. The first-order valence-corrected chi connectivity index (χ1v) is 10.0. The standard InChI is InChI=1S/C22H24F3N3O3/c23-11-18(27-22(31)21(24)25)20(30)15-5-3-14(4-6-15)16-7-8-17(26-12-16)19(29)13-28-9-1-2-10-28/h3-8,12,18,20-21,30H,1-2,9-11,13H2,(H,27,31)/t18-,20+/m1/s1. The second kappa shape index (κ2) is 10.5. The van der Waals surface area contributed by atoms with Crippen molar-refractivity contribution in [2.45, 2.75) is 31.4 Å². The summed E-state index contributed by atoms with van der Waals surface area (Å²) < 4.78 is 37.9. The zero-order chi connectivity index (χ0) is 22.4. The topological polar surface area (TPSA) is 82.5 Å². The van der Waals surface area contributed by atoms with Gasteiger partial charge in [0.05, 0.1) is 12.6 Å². The Bertz CT molecular complexity index is 885. The number of rotatable bonds is 9. The van der Waals surface area contributed by atoms with Crippen LogP contribution in [0.25, 0.3) is 11.1 Å². The van der Waals surface area contributed by atoms with Crippen molar-refractivity contribution in [3.8, 4) is 11.1 Å². The van der Waals surface area contributed by atoms with Crippen LogP contribution in [0, 0.1) is 0 Å². The number of benzene rings is 1. The van der Waals surface area contributed by atoms with Crippen molar-refractivity contribution in [2.24, 2.45) is 0 Å². The highest BCUT2D eigenvalue weighted by Gasteiger charge is 2.26. The molecule has 1 aliphatic heterocycles. The summed E-state index contributed by atoms with van der Waals surface area (Å²) in [6.07, 6.45) is -0.980. The predicted molar refractivity (Wildman–Crippen MR) is 109 cm³/mol. The number of ketones is 1. The number of Topliss-reactive ketones (excluding diaryl/α,β-unsaturated/α-hetero) is 1. The fraction of sp³-hybridized carbons (Fsp3) is 0.409. The highest BCUT2D eigenvalue weighted by atomic mass is 19.3. The molecule has 0 radical (unpaired) electrons. The lowest BCUT2D eigenvalue weighted by Crippen LogP contribution is -2.43. The normalized spacial score (nSPS) is 16.3. The van der Waals surface area contributed by atoms with Crippen molar-refractivity contribution >= 4 is 11.7 Å². The number of carbonyl (C=O) groups is 2. The van der Waals surface area contributed by atoms with Gasteiger partial charge < -0.3 is 10.4 Å². The van der Waals surface area contributed by atoms with E-state index in [9.17, 15) is 27.9 Å². The van der Waals surface area contributed by atoms with E-state index < -0.39 is 31.2 Å². The minimum Gasteiger partial charge on any atom is -0.386 e. The van der Waals surface area contributed by atoms with Gasteiger partial charge in [-0.3, -0.25) is 19.5 Å². The number of hydrogen-bond acceptors (Lipinski definition) is 5. The fourth-order valence-electron chi connectivity index (χ4n) is 3.51. The molecule has 2 atom stereocenters. The second-order valence-electron chi connectivity index (χ2n) is 7.48. The summed E-state index contributed by atoms with van der Waals surface area (Å²) in [5.41, 5.74) is 2.15. The Labute approximate surface area is 178 Å². The van der Waals surface area contributed by atoms with Gasteiger partial charge in [-0.2, -0.15) is 8.78 Å². The third kappa shape index (κ3) is 5.89. The van der Waals surface area contributed by atoms with Gasteiger partial charge in [-0.15, -0.1) is 0 Å². The molecule has 0 spiro atoms. The lowest BCUT2D eigenvalue weighted by Gasteiger charge is -2.22. The number of amides is 1. The van der Waals surface area contributed by atoms with Gasteiger partial charge in [-0.05, 0) is 43.1 Å². The molecule has 31 heavy (non-hydrogen) atoms. The van der Waals surface area contributed by atoms with Crippen LogP contribution < -0.4 is 5.32 Å². The van der Waals surface area contributed by atoms with Crippen molar-refractivity contribution in [3.05, 3.63) is 53.9 Å². The van der Waals surface area contributed by atoms with E-state index in [0.717, 1.165) is 37.1 Å². The number of halogens is 3. The summed E-state index contributed by atoms with van der Waals surface area (Å²) in [7, 11) is 0. The summed E-state index contributed by atoms with van der Waals surface area (Å²) in [5.74, 6) is -1.67. The Balaban J connectivity index is 1.65. The molecule has 1 amide bonds. The summed E-state index contributed by atoms with van der Waals surface area (Å²) in [6.45, 7) is 1.02. The Kier molecular flexibility index (Phi) is 7.75. The number of aliphatic hydroxyl groups excluding tert-OH is 1. The summed E-state index contributed by atoms with van der Waals surface area (Å²) in [5, 5.41) is 12.0. The first-order valence-electron chi connectivity index (χ1n) is 10.0. The molecule has 6 nitrogen and oxygen atoms in total. The highest BCUT2D eigenvalue weighted by molar-refractivity contribution is 5.96. The van der Waals surface area contributed by atoms with Gasteiger partial charge in [0, 0.05) is 11.8 Å². The Morgan fingerprint density at radius 1 is 1.06 bits per heavy atom. The maximum Gasteiger partial charge on any atom is 0.315 e. The van der Waals surface area contributed by atoms with Gasteiger partial charge in [-0.25, -0.2) is 4.39 Å². The molecule has 1 aliphatic rings. The van der Waals surface area contributed by atoms with Crippen LogP contribution in [0.15, 0.2) is 42.6 Å². The highest BCUT2D eigenvalue weighted by Crippen LogP contribution is 2.24. The number of alkyl halides is 3. The third-order valence-electron chi connectivity index (χ3n) is 5.27. The molecule has 2 N–H and O–H groups in total. The number of pyridine rings is 1. The number of nitrogens with zero attached hydrogens (tertiary/aromatic N) is 2. The molecule has 9 heteroatoms. The minimum absolute atomic E-state index is 0.0324. The van der Waals surface area contributed by atoms with Crippen LogP contribution in [-0.4, -0.2) is 65.5 Å². The Morgan fingerprint density at radius 2 is 1.71 bits per heavy atom. The van der Waals surface area contributed by atoms with Gasteiger partial charge >= 0.3 is 6.43 Å². The van der Waals surface area contributed by atoms with E-state index in [2.05, 4.69) is 9.88 Å². The monoisotopic (exact) mass is 435 g/mol. The number of aromatic nitrogens is 1. The lowest BCUT2D eigenvalue weighted by molar-refractivity contribution is -0.133. The molecule has 0 unspecified atom stereocenters. The first-order chi connectivity index (χ1) is 14.9. The zero-order valence-electron chi connectivity index (χ0n) is 16.8. The average molecular weight is 435 g/mol. The SMILES string of the molecule is O=C(CN1CCCC1)c1ccc(-c2ccc([C@H](O)[C@@H](CF)NC(=O)C(F)F)cc2)cn1. The first kappa shape index (κ1) is 22.9. The molecule has 0 bridgehead atoms. The van der Waals surface area contributed by atoms with Gasteiger partial charge in [-0.1, -0.05) is 30.3 Å². The maximum atomic E-state index is 13.1. The number of aliphatic hydroxyl groups is 1. The molecule has 0 saturated carbocycles. The van der Waals surface area contributed by atoms with E-state index in [0.29, 0.717) is 12.2 Å². The molecular weight excluding hydrogens is 411 g/mol. The average Bonchev–Trinajstić information content (AvgIpc) is 3.30. The minimum atomic E-state index is -3.29. The smallest absolute Gasteiger partial charge is 0.315 e. The van der Waals surface area contributed by atoms with E-state index in [1.54, 1.807) is 35.8 Å². The molecule has 166 valence electrons. The van der Waals surface area contributed by atoms with Crippen LogP contribution in [0.5, 0.6) is 0 Å². The largest absolute Gasteiger partial charge is 0.386 e. The van der Waals surface area contributed by atoms with Crippen molar-refractivity contribution < 1.29 is 27.9 Å². The fourth-order valence-corrected chi connectivity index (χ4v) is 3.51. The van der Waals surface area contributed by atoms with Crippen LogP contribution in [-0.2, 0) is 4.79 Å². The van der Waals surface area contributed by atoms with Gasteiger partial charge in [0.25, 0.3) is 5.91 Å².